The molecule has 0 unspecified atom stereocenters. The molecular weight excluding hydrogens is 480 g/mol. The van der Waals surface area contributed by atoms with Gasteiger partial charge in [0.05, 0.1) is 0 Å². The third kappa shape index (κ3) is 11.2. The number of hydrogen-bond acceptors (Lipinski definition) is 0. The summed E-state index contributed by atoms with van der Waals surface area (Å²) in [6.45, 7) is 22.5. The van der Waals surface area contributed by atoms with Gasteiger partial charge < -0.3 is 0 Å². The molecule has 0 saturated carbocycles. The molecule has 0 heterocycles. The molecule has 0 spiro atoms. The van der Waals surface area contributed by atoms with E-state index in [0.717, 1.165) is 11.1 Å². The van der Waals surface area contributed by atoms with Gasteiger partial charge in [-0.2, -0.15) is 0 Å². The summed E-state index contributed by atoms with van der Waals surface area (Å²) < 4.78 is 0. The summed E-state index contributed by atoms with van der Waals surface area (Å²) in [4.78, 5) is 0. The Morgan fingerprint density at radius 1 is 0.575 bits per heavy atom. The summed E-state index contributed by atoms with van der Waals surface area (Å²) in [5.41, 5.74) is 11.5. The Labute approximate surface area is 247 Å². The van der Waals surface area contributed by atoms with Gasteiger partial charge in [-0.05, 0) is 125 Å². The minimum Gasteiger partial charge on any atom is -0.0700 e. The van der Waals surface area contributed by atoms with Crippen molar-refractivity contribution in [1.29, 1.82) is 0 Å². The molecule has 0 atom stereocenters. The maximum absolute atomic E-state index is 3.16. The molecule has 2 aliphatic rings. The molecule has 2 rings (SSSR count). The molecule has 0 aromatic heterocycles. The molecule has 0 fully saturated rings. The molecule has 40 heavy (non-hydrogen) atoms. The van der Waals surface area contributed by atoms with Crippen LogP contribution in [-0.2, 0) is 0 Å². The third-order valence-electron chi connectivity index (χ3n) is 8.23. The number of allylic oxidation sites excluding steroid dienone is 20. The Bertz CT molecular complexity index is 1170. The first-order chi connectivity index (χ1) is 18.8. The Kier molecular flexibility index (Phi) is 13.0. The largest absolute Gasteiger partial charge is 0.0700 e. The fourth-order valence-corrected chi connectivity index (χ4v) is 5.67. The second-order valence-electron chi connectivity index (χ2n) is 13.1. The minimum absolute atomic E-state index is 0.284. The Morgan fingerprint density at radius 2 is 0.950 bits per heavy atom. The van der Waals surface area contributed by atoms with Gasteiger partial charge in [-0.1, -0.05) is 123 Å². The van der Waals surface area contributed by atoms with E-state index in [9.17, 15) is 0 Å². The molecule has 0 saturated heterocycles. The zero-order valence-electron chi connectivity index (χ0n) is 27.2. The Morgan fingerprint density at radius 3 is 1.30 bits per heavy atom. The molecule has 0 radical (unpaired) electrons. The van der Waals surface area contributed by atoms with E-state index < -0.39 is 0 Å². The first kappa shape index (κ1) is 33.2. The fourth-order valence-electron chi connectivity index (χ4n) is 5.67. The summed E-state index contributed by atoms with van der Waals surface area (Å²) in [6, 6.07) is 0. The fraction of sp³-hybridized carbons (Fsp3) is 0.450. The van der Waals surface area contributed by atoms with E-state index in [1.54, 1.807) is 11.1 Å². The lowest BCUT2D eigenvalue weighted by molar-refractivity contribution is 0.376. The molecule has 0 aliphatic heterocycles. The van der Waals surface area contributed by atoms with Gasteiger partial charge in [0.15, 0.2) is 0 Å². The van der Waals surface area contributed by atoms with E-state index >= 15 is 0 Å². The molecule has 0 amide bonds. The van der Waals surface area contributed by atoms with E-state index in [-0.39, 0.29) is 10.8 Å². The van der Waals surface area contributed by atoms with Gasteiger partial charge in [0.2, 0.25) is 0 Å². The van der Waals surface area contributed by atoms with Crippen LogP contribution in [-0.4, -0.2) is 0 Å². The molecule has 0 N–H and O–H groups in total. The third-order valence-corrected chi connectivity index (χ3v) is 8.23. The molecule has 0 nitrogen and oxygen atoms in total. The average molecular weight is 535 g/mol. The van der Waals surface area contributed by atoms with Crippen LogP contribution in [0.4, 0.5) is 0 Å². The first-order valence-electron chi connectivity index (χ1n) is 15.1. The lowest BCUT2D eigenvalue weighted by Crippen LogP contribution is -2.19. The highest BCUT2D eigenvalue weighted by atomic mass is 14.3. The normalized spacial score (nSPS) is 21.4. The Balaban J connectivity index is 1.91. The van der Waals surface area contributed by atoms with Crippen LogP contribution in [0, 0.1) is 22.7 Å². The summed E-state index contributed by atoms with van der Waals surface area (Å²) >= 11 is 0. The molecule has 0 bridgehead atoms. The highest BCUT2D eigenvalue weighted by molar-refractivity contribution is 5.39. The predicted molar refractivity (Wildman–Crippen MR) is 180 cm³/mol. The van der Waals surface area contributed by atoms with Crippen molar-refractivity contribution in [3.8, 4) is 11.8 Å². The maximum atomic E-state index is 3.16. The van der Waals surface area contributed by atoms with Crippen LogP contribution in [0.2, 0.25) is 0 Å². The van der Waals surface area contributed by atoms with Crippen LogP contribution in [0.3, 0.4) is 0 Å². The zero-order valence-corrected chi connectivity index (χ0v) is 27.2. The summed E-state index contributed by atoms with van der Waals surface area (Å²) in [6.07, 6.45) is 33.5. The van der Waals surface area contributed by atoms with Crippen LogP contribution in [0.5, 0.6) is 0 Å². The Hall–Kier alpha value is -3.04. The van der Waals surface area contributed by atoms with Crippen molar-refractivity contribution in [2.24, 2.45) is 10.8 Å². The monoisotopic (exact) mass is 534 g/mol. The van der Waals surface area contributed by atoms with Crippen LogP contribution >= 0.6 is 0 Å². The van der Waals surface area contributed by atoms with Gasteiger partial charge in [-0.25, -0.2) is 0 Å². The van der Waals surface area contributed by atoms with Crippen molar-refractivity contribution in [2.75, 3.05) is 0 Å². The van der Waals surface area contributed by atoms with Crippen molar-refractivity contribution in [2.45, 2.75) is 108 Å². The molecule has 0 aromatic carbocycles. The van der Waals surface area contributed by atoms with Gasteiger partial charge in [0, 0.05) is 0 Å². The van der Waals surface area contributed by atoms with E-state index in [0.29, 0.717) is 0 Å². The van der Waals surface area contributed by atoms with E-state index in [1.807, 2.05) is 12.2 Å². The van der Waals surface area contributed by atoms with Crippen LogP contribution in [0.15, 0.2) is 117 Å². The van der Waals surface area contributed by atoms with Crippen LogP contribution < -0.4 is 0 Å². The van der Waals surface area contributed by atoms with Crippen molar-refractivity contribution in [1.82, 2.24) is 0 Å². The van der Waals surface area contributed by atoms with Gasteiger partial charge in [-0.3, -0.25) is 0 Å². The second kappa shape index (κ2) is 15.7. The SMILES string of the molecule is CC1=C(/C=C/C(C)=C/C=C/C(C)=C/C#C/C=C(C)/C=C/C=C(C)/C=C/C2=C(C)CCCC2(C)C)C(C)(C)CCC1. The van der Waals surface area contributed by atoms with Gasteiger partial charge in [-0.15, -0.1) is 0 Å². The average Bonchev–Trinajstić information content (AvgIpc) is 2.85. The summed E-state index contributed by atoms with van der Waals surface area (Å²) in [5, 5.41) is 0. The predicted octanol–water partition coefficient (Wildman–Crippen LogP) is 12.1. The van der Waals surface area contributed by atoms with Crippen molar-refractivity contribution >= 4 is 0 Å². The van der Waals surface area contributed by atoms with E-state index in [4.69, 9.17) is 0 Å². The van der Waals surface area contributed by atoms with E-state index in [2.05, 4.69) is 142 Å². The van der Waals surface area contributed by atoms with Gasteiger partial charge in [0.25, 0.3) is 0 Å². The van der Waals surface area contributed by atoms with Crippen molar-refractivity contribution in [3.63, 3.8) is 0 Å². The van der Waals surface area contributed by atoms with Crippen molar-refractivity contribution in [3.05, 3.63) is 117 Å². The van der Waals surface area contributed by atoms with Crippen molar-refractivity contribution < 1.29 is 0 Å². The first-order valence-corrected chi connectivity index (χ1v) is 15.1. The summed E-state index contributed by atoms with van der Waals surface area (Å²) in [5.74, 6) is 6.32. The summed E-state index contributed by atoms with van der Waals surface area (Å²) in [7, 11) is 0. The quantitative estimate of drug-likeness (QED) is 0.214. The topological polar surface area (TPSA) is 0 Å². The highest BCUT2D eigenvalue weighted by Crippen LogP contribution is 2.41. The highest BCUT2D eigenvalue weighted by Gasteiger charge is 2.27. The van der Waals surface area contributed by atoms with Gasteiger partial charge >= 0.3 is 0 Å². The maximum Gasteiger partial charge on any atom is -0.00860 e. The second-order valence-corrected chi connectivity index (χ2v) is 13.1. The molecule has 0 heteroatoms. The van der Waals surface area contributed by atoms with Crippen LogP contribution in [0.1, 0.15) is 108 Å². The van der Waals surface area contributed by atoms with Crippen LogP contribution in [0.25, 0.3) is 0 Å². The standard InChI is InChI=1S/C40H54/c1-31(19-13-21-33(3)25-27-37-35(5)23-15-29-39(37,7)8)17-11-12-18-32(2)20-14-22-34(4)26-28-38-36(6)24-16-30-40(38,9)10/h13-14,17-22,25-28H,15-16,23-24,29-30H2,1-10H3/b19-13+,20-14+,27-25+,28-26+,31-17+,32-18+,33-21+,34-22+. The lowest BCUT2D eigenvalue weighted by atomic mass is 9.72. The smallest absolute Gasteiger partial charge is 0.00860 e. The zero-order chi connectivity index (χ0) is 29.8. The lowest BCUT2D eigenvalue weighted by Gasteiger charge is -2.33. The van der Waals surface area contributed by atoms with E-state index in [1.165, 1.54) is 60.8 Å². The minimum atomic E-state index is 0.284. The number of hydrogen-bond donors (Lipinski definition) is 0. The molecular formula is C40H54. The number of rotatable bonds is 8. The molecule has 0 aromatic rings. The van der Waals surface area contributed by atoms with Gasteiger partial charge in [0.1, 0.15) is 0 Å². The molecule has 214 valence electrons. The molecule has 2 aliphatic carbocycles.